The minimum absolute atomic E-state index is 0.259. The third kappa shape index (κ3) is 5.15. The summed E-state index contributed by atoms with van der Waals surface area (Å²) in [5, 5.41) is 11.6. The highest BCUT2D eigenvalue weighted by Crippen LogP contribution is 2.45. The van der Waals surface area contributed by atoms with Crippen LogP contribution in [0, 0.1) is 5.92 Å². The Bertz CT molecular complexity index is 1470. The van der Waals surface area contributed by atoms with Crippen LogP contribution in [-0.2, 0) is 6.42 Å². The van der Waals surface area contributed by atoms with E-state index in [0.29, 0.717) is 54.4 Å². The first-order valence-electron chi connectivity index (χ1n) is 13.7. The molecule has 0 spiro atoms. The lowest BCUT2D eigenvalue weighted by atomic mass is 9.88. The zero-order valence-electron chi connectivity index (χ0n) is 23.2. The normalized spacial score (nSPS) is 15.6. The first-order chi connectivity index (χ1) is 19.5. The number of carbonyl (C=O) groups excluding carboxylic acids is 1. The number of pyridine rings is 1. The Hall–Kier alpha value is -4.27. The summed E-state index contributed by atoms with van der Waals surface area (Å²) in [4.78, 5) is 36.2. The Morgan fingerprint density at radius 3 is 2.48 bits per heavy atom. The molecule has 1 fully saturated rings. The molecule has 5 rings (SSSR count). The molecule has 1 aromatic carbocycles. The number of rotatable bonds is 9. The number of amides is 1. The van der Waals surface area contributed by atoms with Crippen molar-refractivity contribution in [2.75, 3.05) is 33.9 Å². The van der Waals surface area contributed by atoms with Crippen LogP contribution < -0.4 is 15.0 Å². The largest absolute Gasteiger partial charge is 0.506 e. The van der Waals surface area contributed by atoms with Crippen LogP contribution in [0.15, 0.2) is 62.4 Å². The molecule has 9 heteroatoms. The van der Waals surface area contributed by atoms with Gasteiger partial charge in [-0.15, -0.1) is 0 Å². The molecular formula is C31H35N3O6. The van der Waals surface area contributed by atoms with Crippen LogP contribution in [0.1, 0.15) is 54.4 Å². The zero-order valence-corrected chi connectivity index (χ0v) is 23.2. The summed E-state index contributed by atoms with van der Waals surface area (Å²) < 4.78 is 16.7. The van der Waals surface area contributed by atoms with Crippen molar-refractivity contribution >= 4 is 11.6 Å². The van der Waals surface area contributed by atoms with Crippen molar-refractivity contribution in [2.45, 2.75) is 39.0 Å². The fourth-order valence-electron chi connectivity index (χ4n) is 5.62. The number of aromatic amines is 1. The number of allylic oxidation sites excluding steroid dienone is 1. The fourth-order valence-corrected chi connectivity index (χ4v) is 5.62. The van der Waals surface area contributed by atoms with Gasteiger partial charge in [-0.3, -0.25) is 14.6 Å². The van der Waals surface area contributed by atoms with E-state index in [2.05, 4.69) is 16.1 Å². The van der Waals surface area contributed by atoms with Gasteiger partial charge in [-0.05, 0) is 67.5 Å². The van der Waals surface area contributed by atoms with Crippen molar-refractivity contribution < 1.29 is 23.8 Å². The number of aromatic nitrogens is 1. The molecule has 0 saturated carbocycles. The molecule has 0 aliphatic carbocycles. The van der Waals surface area contributed by atoms with E-state index in [4.69, 9.17) is 13.9 Å². The number of methoxy groups -OCH3 is 2. The van der Waals surface area contributed by atoms with Gasteiger partial charge in [0.1, 0.15) is 28.5 Å². The van der Waals surface area contributed by atoms with Crippen molar-refractivity contribution in [2.24, 2.45) is 10.9 Å². The second-order valence-electron chi connectivity index (χ2n) is 10.1. The number of aryl methyl sites for hydroxylation is 1. The number of aromatic hydroxyl groups is 1. The van der Waals surface area contributed by atoms with Gasteiger partial charge < -0.3 is 28.9 Å². The van der Waals surface area contributed by atoms with Crippen LogP contribution in [0.25, 0.3) is 11.1 Å². The van der Waals surface area contributed by atoms with Gasteiger partial charge in [0.15, 0.2) is 5.76 Å². The summed E-state index contributed by atoms with van der Waals surface area (Å²) in [7, 11) is 3.07. The molecule has 0 atom stereocenters. The molecule has 0 radical (unpaired) electrons. The Morgan fingerprint density at radius 2 is 1.85 bits per heavy atom. The number of ether oxygens (including phenoxy) is 2. The van der Waals surface area contributed by atoms with E-state index in [0.717, 1.165) is 37.2 Å². The minimum Gasteiger partial charge on any atom is -0.506 e. The van der Waals surface area contributed by atoms with Gasteiger partial charge in [0, 0.05) is 18.8 Å². The lowest BCUT2D eigenvalue weighted by Crippen LogP contribution is -2.41. The molecule has 0 unspecified atom stereocenters. The molecule has 3 aromatic rings. The molecule has 1 saturated heterocycles. The van der Waals surface area contributed by atoms with Gasteiger partial charge >= 0.3 is 0 Å². The van der Waals surface area contributed by atoms with Gasteiger partial charge in [0.05, 0.1) is 38.2 Å². The first-order valence-corrected chi connectivity index (χ1v) is 13.7. The van der Waals surface area contributed by atoms with E-state index in [-0.39, 0.29) is 17.2 Å². The van der Waals surface area contributed by atoms with E-state index < -0.39 is 11.5 Å². The predicted molar refractivity (Wildman–Crippen MR) is 153 cm³/mol. The molecule has 4 heterocycles. The number of hydrogen-bond donors (Lipinski definition) is 2. The van der Waals surface area contributed by atoms with Gasteiger partial charge in [0.2, 0.25) is 0 Å². The molecule has 2 aromatic heterocycles. The molecule has 2 aliphatic heterocycles. The monoisotopic (exact) mass is 545 g/mol. The summed E-state index contributed by atoms with van der Waals surface area (Å²) in [6.45, 7) is 3.62. The highest BCUT2D eigenvalue weighted by Gasteiger charge is 2.32. The molecule has 2 aliphatic rings. The van der Waals surface area contributed by atoms with E-state index in [9.17, 15) is 14.7 Å². The average Bonchev–Trinajstić information content (AvgIpc) is 3.68. The molecule has 40 heavy (non-hydrogen) atoms. The highest BCUT2D eigenvalue weighted by atomic mass is 16.5. The van der Waals surface area contributed by atoms with Crippen LogP contribution in [0.2, 0.25) is 0 Å². The number of unbranched alkanes of at least 4 members (excludes halogenated alkanes) is 1. The number of benzene rings is 1. The smallest absolute Gasteiger partial charge is 0.264 e. The summed E-state index contributed by atoms with van der Waals surface area (Å²) in [5.41, 5.74) is 2.62. The quantitative estimate of drug-likeness (QED) is 0.392. The maximum atomic E-state index is 13.7. The number of nitrogens with zero attached hydrogens (tertiary/aromatic N) is 2. The van der Waals surface area contributed by atoms with E-state index in [1.165, 1.54) is 19.8 Å². The topological polar surface area (TPSA) is 117 Å². The van der Waals surface area contributed by atoms with Gasteiger partial charge in [-0.1, -0.05) is 19.4 Å². The summed E-state index contributed by atoms with van der Waals surface area (Å²) >= 11 is 0. The average molecular weight is 546 g/mol. The van der Waals surface area contributed by atoms with E-state index in [1.807, 2.05) is 19.1 Å². The number of piperidine rings is 1. The van der Waals surface area contributed by atoms with Crippen molar-refractivity contribution in [3.05, 3.63) is 75.6 Å². The molecule has 9 nitrogen and oxygen atoms in total. The number of likely N-dealkylation sites (tertiary alicyclic amines) is 1. The number of H-pyrrole nitrogens is 1. The number of carbonyl (C=O) groups is 1. The highest BCUT2D eigenvalue weighted by molar-refractivity contribution is 6.08. The van der Waals surface area contributed by atoms with Crippen LogP contribution in [-0.4, -0.2) is 60.5 Å². The standard InChI is InChI=1S/C31H35N3O6/c1-4-5-8-21-26(27-24(38-2)9-6-10-25(27)39-3)29(35)28(30(36)33-21)31(37)34-14-12-19(13-15-34)20-17-22(32-18-20)23-11-7-16-40-23/h6-7,9-11,16-17,19H,4-5,8,12-15,18H2,1-3H3,(H2,33,35,36). The molecular weight excluding hydrogens is 510 g/mol. The van der Waals surface area contributed by atoms with Gasteiger partial charge in [0.25, 0.3) is 11.5 Å². The van der Waals surface area contributed by atoms with Crippen molar-refractivity contribution in [3.8, 4) is 28.4 Å². The Balaban J connectivity index is 1.43. The maximum Gasteiger partial charge on any atom is 0.264 e. The second kappa shape index (κ2) is 11.9. The van der Waals surface area contributed by atoms with Crippen LogP contribution >= 0.6 is 0 Å². The lowest BCUT2D eigenvalue weighted by molar-refractivity contribution is 0.0697. The first kappa shape index (κ1) is 27.3. The molecule has 2 N–H and O–H groups in total. The molecule has 0 bridgehead atoms. The van der Waals surface area contributed by atoms with Gasteiger partial charge in [-0.25, -0.2) is 0 Å². The third-order valence-electron chi connectivity index (χ3n) is 7.77. The van der Waals surface area contributed by atoms with Gasteiger partial charge in [-0.2, -0.15) is 0 Å². The summed E-state index contributed by atoms with van der Waals surface area (Å²) in [5.74, 6) is 1.15. The van der Waals surface area contributed by atoms with Crippen LogP contribution in [0.4, 0.5) is 0 Å². The number of nitrogens with one attached hydrogen (secondary N) is 1. The number of hydrogen-bond acceptors (Lipinski definition) is 7. The predicted octanol–water partition coefficient (Wildman–Crippen LogP) is 4.98. The Kier molecular flexibility index (Phi) is 8.09. The Labute approximate surface area is 233 Å². The van der Waals surface area contributed by atoms with Crippen molar-refractivity contribution in [3.63, 3.8) is 0 Å². The minimum atomic E-state index is -0.594. The third-order valence-corrected chi connectivity index (χ3v) is 7.77. The van der Waals surface area contributed by atoms with E-state index in [1.54, 1.807) is 29.4 Å². The zero-order chi connectivity index (χ0) is 28.2. The second-order valence-corrected chi connectivity index (χ2v) is 10.1. The maximum absolute atomic E-state index is 13.7. The van der Waals surface area contributed by atoms with Crippen LogP contribution in [0.3, 0.4) is 0 Å². The number of furan rings is 1. The fraction of sp³-hybridized carbons (Fsp3) is 0.387. The molecule has 1 amide bonds. The Morgan fingerprint density at radius 1 is 1.12 bits per heavy atom. The summed E-state index contributed by atoms with van der Waals surface area (Å²) in [6.07, 6.45) is 7.42. The van der Waals surface area contributed by atoms with E-state index >= 15 is 0 Å². The van der Waals surface area contributed by atoms with Crippen LogP contribution in [0.5, 0.6) is 17.2 Å². The van der Waals surface area contributed by atoms with Crippen molar-refractivity contribution in [1.29, 1.82) is 0 Å². The van der Waals surface area contributed by atoms with Crippen molar-refractivity contribution in [1.82, 2.24) is 9.88 Å². The molecule has 210 valence electrons. The SMILES string of the molecule is CCCCc1[nH]c(=O)c(C(=O)N2CCC(C3=CC(c4ccco4)=NC3)CC2)c(O)c1-c1c(OC)cccc1OC. The number of aliphatic imine (C=N–C) groups is 1. The lowest BCUT2D eigenvalue weighted by Gasteiger charge is -2.32. The summed E-state index contributed by atoms with van der Waals surface area (Å²) in [6, 6.07) is 9.05.